The van der Waals surface area contributed by atoms with Gasteiger partial charge >= 0.3 is 0 Å². The highest BCUT2D eigenvalue weighted by Crippen LogP contribution is 2.10. The third-order valence-electron chi connectivity index (χ3n) is 6.98. The molecule has 39 heavy (non-hydrogen) atoms. The van der Waals surface area contributed by atoms with Crippen LogP contribution >= 0.6 is 0 Å². The van der Waals surface area contributed by atoms with Crippen molar-refractivity contribution in [1.82, 2.24) is 31.1 Å². The fourth-order valence-corrected chi connectivity index (χ4v) is 3.88. The molecule has 0 aromatic rings. The van der Waals surface area contributed by atoms with Crippen molar-refractivity contribution in [3.63, 3.8) is 0 Å². The maximum atomic E-state index is 12.4. The molecular formula is C29H58N6O4. The van der Waals surface area contributed by atoms with Gasteiger partial charge in [-0.15, -0.1) is 0 Å². The van der Waals surface area contributed by atoms with Gasteiger partial charge in [0.15, 0.2) is 0 Å². The van der Waals surface area contributed by atoms with E-state index in [-0.39, 0.29) is 65.4 Å². The normalized spacial score (nSPS) is 14.2. The molecular weight excluding hydrogens is 496 g/mol. The van der Waals surface area contributed by atoms with Gasteiger partial charge in [0.25, 0.3) is 0 Å². The van der Waals surface area contributed by atoms with Crippen LogP contribution in [0.25, 0.3) is 0 Å². The monoisotopic (exact) mass is 554 g/mol. The highest BCUT2D eigenvalue weighted by molar-refractivity contribution is 5.79. The lowest BCUT2D eigenvalue weighted by Gasteiger charge is -2.39. The molecule has 0 aliphatic carbocycles. The summed E-state index contributed by atoms with van der Waals surface area (Å²) in [6, 6.07) is 0.0272. The largest absolute Gasteiger partial charge is 0.355 e. The van der Waals surface area contributed by atoms with Gasteiger partial charge in [-0.1, -0.05) is 55.4 Å². The standard InChI is InChI=1S/C29H58N6O4/c1-19(2)26(36)30-12-15-34(16-13-31-27(37)20(3)4)23(9)18-35(17-14-32-28(38)21(5)6)25(11)24(10)33-29(39)22(7)8/h19-25H,12-18H2,1-11H3,(H,30,36)(H,31,37)(H,32,38)(H,33,39). The number of amides is 4. The van der Waals surface area contributed by atoms with Gasteiger partial charge in [-0.2, -0.15) is 0 Å². The van der Waals surface area contributed by atoms with Crippen molar-refractivity contribution >= 4 is 23.6 Å². The quantitative estimate of drug-likeness (QED) is 0.193. The molecule has 0 aromatic carbocycles. The van der Waals surface area contributed by atoms with Crippen molar-refractivity contribution in [1.29, 1.82) is 0 Å². The van der Waals surface area contributed by atoms with Gasteiger partial charge in [-0.3, -0.25) is 29.0 Å². The Balaban J connectivity index is 5.58. The molecule has 0 bridgehead atoms. The fourth-order valence-electron chi connectivity index (χ4n) is 3.88. The Labute approximate surface area is 237 Å². The molecule has 4 amide bonds. The summed E-state index contributed by atoms with van der Waals surface area (Å²) in [6.07, 6.45) is 0. The van der Waals surface area contributed by atoms with E-state index in [1.807, 2.05) is 62.3 Å². The summed E-state index contributed by atoms with van der Waals surface area (Å²) in [5.74, 6) is -0.295. The maximum Gasteiger partial charge on any atom is 0.222 e. The minimum atomic E-state index is -0.102. The summed E-state index contributed by atoms with van der Waals surface area (Å²) in [5, 5.41) is 12.1. The lowest BCUT2D eigenvalue weighted by Crippen LogP contribution is -2.55. The summed E-state index contributed by atoms with van der Waals surface area (Å²) in [7, 11) is 0. The molecule has 3 unspecified atom stereocenters. The molecule has 0 aliphatic rings. The van der Waals surface area contributed by atoms with E-state index in [4.69, 9.17) is 0 Å². The lowest BCUT2D eigenvalue weighted by molar-refractivity contribution is -0.125. The Morgan fingerprint density at radius 2 is 0.846 bits per heavy atom. The van der Waals surface area contributed by atoms with Crippen molar-refractivity contribution < 1.29 is 19.2 Å². The number of hydrogen-bond donors (Lipinski definition) is 4. The first-order valence-electron chi connectivity index (χ1n) is 14.7. The Morgan fingerprint density at radius 3 is 1.18 bits per heavy atom. The number of nitrogens with one attached hydrogen (secondary N) is 4. The van der Waals surface area contributed by atoms with E-state index in [1.54, 1.807) is 0 Å². The SMILES string of the molecule is CC(C)C(=O)NCCN(CCNC(=O)C(C)C)C(C)CN(CCNC(=O)C(C)C)C(C)C(C)NC(=O)C(C)C. The summed E-state index contributed by atoms with van der Waals surface area (Å²) in [5.41, 5.74) is 0. The van der Waals surface area contributed by atoms with Gasteiger partial charge in [-0.05, 0) is 20.8 Å². The summed E-state index contributed by atoms with van der Waals surface area (Å²) in [6.45, 7) is 25.4. The Morgan fingerprint density at radius 1 is 0.513 bits per heavy atom. The van der Waals surface area contributed by atoms with E-state index in [2.05, 4.69) is 44.9 Å². The molecule has 10 heteroatoms. The average molecular weight is 555 g/mol. The third-order valence-corrected chi connectivity index (χ3v) is 6.98. The Bertz CT molecular complexity index is 730. The average Bonchev–Trinajstić information content (AvgIpc) is 2.85. The summed E-state index contributed by atoms with van der Waals surface area (Å²) in [4.78, 5) is 53.3. The van der Waals surface area contributed by atoms with Crippen molar-refractivity contribution in [3.05, 3.63) is 0 Å². The molecule has 4 N–H and O–H groups in total. The van der Waals surface area contributed by atoms with Crippen LogP contribution in [0.1, 0.15) is 76.2 Å². The number of carbonyl (C=O) groups is 4. The third kappa shape index (κ3) is 15.2. The van der Waals surface area contributed by atoms with Gasteiger partial charge in [-0.25, -0.2) is 0 Å². The van der Waals surface area contributed by atoms with Crippen molar-refractivity contribution in [3.8, 4) is 0 Å². The second-order valence-corrected chi connectivity index (χ2v) is 11.9. The van der Waals surface area contributed by atoms with Crippen LogP contribution in [0, 0.1) is 23.7 Å². The van der Waals surface area contributed by atoms with Crippen LogP contribution in [-0.4, -0.2) is 97.4 Å². The molecule has 228 valence electrons. The van der Waals surface area contributed by atoms with E-state index in [9.17, 15) is 19.2 Å². The highest BCUT2D eigenvalue weighted by Gasteiger charge is 2.26. The molecule has 0 aromatic heterocycles. The number of nitrogens with zero attached hydrogens (tertiary/aromatic N) is 2. The van der Waals surface area contributed by atoms with Gasteiger partial charge in [0.1, 0.15) is 0 Å². The highest BCUT2D eigenvalue weighted by atomic mass is 16.2. The molecule has 0 saturated heterocycles. The first kappa shape index (κ1) is 36.8. The molecule has 0 heterocycles. The van der Waals surface area contributed by atoms with Gasteiger partial charge in [0.05, 0.1) is 0 Å². The predicted octanol–water partition coefficient (Wildman–Crippen LogP) is 1.84. The fraction of sp³-hybridized carbons (Fsp3) is 0.862. The van der Waals surface area contributed by atoms with Crippen molar-refractivity contribution in [2.24, 2.45) is 23.7 Å². The molecule has 0 radical (unpaired) electrons. The van der Waals surface area contributed by atoms with E-state index in [0.717, 1.165) is 0 Å². The van der Waals surface area contributed by atoms with Crippen LogP contribution in [0.4, 0.5) is 0 Å². The molecule has 3 atom stereocenters. The van der Waals surface area contributed by atoms with Crippen LogP contribution in [0.2, 0.25) is 0 Å². The predicted molar refractivity (Wildman–Crippen MR) is 158 cm³/mol. The zero-order chi connectivity index (χ0) is 30.3. The second-order valence-electron chi connectivity index (χ2n) is 11.9. The first-order valence-corrected chi connectivity index (χ1v) is 14.7. The van der Waals surface area contributed by atoms with E-state index < -0.39 is 0 Å². The topological polar surface area (TPSA) is 123 Å². The van der Waals surface area contributed by atoms with Crippen molar-refractivity contribution in [2.75, 3.05) is 45.8 Å². The first-order chi connectivity index (χ1) is 18.1. The number of hydrogen-bond acceptors (Lipinski definition) is 6. The second kappa shape index (κ2) is 19.0. The Kier molecular flexibility index (Phi) is 17.9. The molecule has 0 spiro atoms. The molecule has 0 fully saturated rings. The summed E-state index contributed by atoms with van der Waals surface area (Å²) >= 11 is 0. The maximum absolute atomic E-state index is 12.4. The number of carbonyl (C=O) groups excluding carboxylic acids is 4. The van der Waals surface area contributed by atoms with Crippen LogP contribution < -0.4 is 21.3 Å². The van der Waals surface area contributed by atoms with Gasteiger partial charge < -0.3 is 21.3 Å². The van der Waals surface area contributed by atoms with E-state index in [1.165, 1.54) is 0 Å². The van der Waals surface area contributed by atoms with Gasteiger partial charge in [0, 0.05) is 87.6 Å². The van der Waals surface area contributed by atoms with Gasteiger partial charge in [0.2, 0.25) is 23.6 Å². The molecule has 10 nitrogen and oxygen atoms in total. The van der Waals surface area contributed by atoms with Crippen LogP contribution in [-0.2, 0) is 19.2 Å². The zero-order valence-corrected chi connectivity index (χ0v) is 26.5. The number of rotatable bonds is 19. The van der Waals surface area contributed by atoms with Crippen molar-refractivity contribution in [2.45, 2.75) is 94.3 Å². The molecule has 0 saturated carbocycles. The van der Waals surface area contributed by atoms with E-state index >= 15 is 0 Å². The van der Waals surface area contributed by atoms with Crippen LogP contribution in [0.15, 0.2) is 0 Å². The minimum absolute atomic E-state index is 0.0128. The van der Waals surface area contributed by atoms with E-state index in [0.29, 0.717) is 45.8 Å². The van der Waals surface area contributed by atoms with Crippen LogP contribution in [0.3, 0.4) is 0 Å². The molecule has 0 rings (SSSR count). The Hall–Kier alpha value is -2.20. The summed E-state index contributed by atoms with van der Waals surface area (Å²) < 4.78 is 0. The zero-order valence-electron chi connectivity index (χ0n) is 26.5. The minimum Gasteiger partial charge on any atom is -0.355 e. The molecule has 0 aliphatic heterocycles. The smallest absolute Gasteiger partial charge is 0.222 e. The van der Waals surface area contributed by atoms with Crippen LogP contribution in [0.5, 0.6) is 0 Å². The lowest BCUT2D eigenvalue weighted by atomic mass is 10.1.